The molecule has 2 aromatic carbocycles. The highest BCUT2D eigenvalue weighted by Gasteiger charge is 2.31. The van der Waals surface area contributed by atoms with E-state index in [1.165, 1.54) is 0 Å². The van der Waals surface area contributed by atoms with Crippen LogP contribution in [0, 0.1) is 6.92 Å². The van der Waals surface area contributed by atoms with Gasteiger partial charge in [-0.15, -0.1) is 0 Å². The fraction of sp³-hybridized carbons (Fsp3) is 0.308. The third-order valence-corrected chi connectivity index (χ3v) is 6.83. The molecule has 1 saturated carbocycles. The van der Waals surface area contributed by atoms with E-state index < -0.39 is 0 Å². The Morgan fingerprint density at radius 3 is 2.56 bits per heavy atom. The van der Waals surface area contributed by atoms with Gasteiger partial charge in [0, 0.05) is 6.04 Å². The number of aromatic amines is 1. The Morgan fingerprint density at radius 2 is 1.79 bits per heavy atom. The number of H-pyrrole nitrogens is 1. The van der Waals surface area contributed by atoms with Crippen molar-refractivity contribution in [2.75, 3.05) is 0 Å². The predicted molar refractivity (Wildman–Crippen MR) is 132 cm³/mol. The van der Waals surface area contributed by atoms with Gasteiger partial charge in [-0.3, -0.25) is 9.59 Å². The number of aromatic nitrogens is 4. The number of halogens is 1. The topological polar surface area (TPSA) is 83.9 Å². The molecule has 0 radical (unpaired) electrons. The number of carbonyl (C=O) groups is 1. The van der Waals surface area contributed by atoms with Gasteiger partial charge in [0.2, 0.25) is 0 Å². The van der Waals surface area contributed by atoms with Crippen molar-refractivity contribution in [2.45, 2.75) is 51.6 Å². The molecule has 1 fully saturated rings. The zero-order valence-corrected chi connectivity index (χ0v) is 19.8. The lowest BCUT2D eigenvalue weighted by atomic mass is 9.93. The summed E-state index contributed by atoms with van der Waals surface area (Å²) in [5.41, 5.74) is 2.16. The summed E-state index contributed by atoms with van der Waals surface area (Å²) in [6.07, 6.45) is 5.10. The summed E-state index contributed by atoms with van der Waals surface area (Å²) in [4.78, 5) is 35.9. The van der Waals surface area contributed by atoms with Crippen LogP contribution < -0.4 is 5.56 Å². The van der Waals surface area contributed by atoms with Gasteiger partial charge in [0.1, 0.15) is 11.0 Å². The van der Waals surface area contributed by atoms with E-state index in [4.69, 9.17) is 11.6 Å². The van der Waals surface area contributed by atoms with Crippen molar-refractivity contribution in [3.05, 3.63) is 87.2 Å². The summed E-state index contributed by atoms with van der Waals surface area (Å²) in [6, 6.07) is 16.8. The van der Waals surface area contributed by atoms with Crippen LogP contribution in [0.15, 0.2) is 59.4 Å². The average molecular weight is 476 g/mol. The lowest BCUT2D eigenvalue weighted by molar-refractivity contribution is 0.0607. The van der Waals surface area contributed by atoms with Crippen molar-refractivity contribution < 1.29 is 4.79 Å². The van der Waals surface area contributed by atoms with Gasteiger partial charge < -0.3 is 9.88 Å². The summed E-state index contributed by atoms with van der Waals surface area (Å²) in [7, 11) is 0. The Morgan fingerprint density at radius 1 is 1.09 bits per heavy atom. The molecule has 8 heteroatoms. The highest BCUT2D eigenvalue weighted by atomic mass is 35.5. The van der Waals surface area contributed by atoms with Crippen molar-refractivity contribution in [1.82, 2.24) is 24.6 Å². The maximum atomic E-state index is 14.0. The second-order valence-corrected chi connectivity index (χ2v) is 9.11. The number of aryl methyl sites for hydroxylation is 1. The van der Waals surface area contributed by atoms with Gasteiger partial charge in [0.25, 0.3) is 11.5 Å². The van der Waals surface area contributed by atoms with Crippen LogP contribution in [0.2, 0.25) is 5.15 Å². The molecule has 2 aromatic heterocycles. The molecule has 0 saturated heterocycles. The number of para-hydroxylation sites is 2. The molecule has 174 valence electrons. The molecule has 0 atom stereocenters. The van der Waals surface area contributed by atoms with Gasteiger partial charge in [-0.1, -0.05) is 61.2 Å². The molecule has 1 N–H and O–H groups in total. The van der Waals surface area contributed by atoms with Crippen LogP contribution in [0.3, 0.4) is 0 Å². The monoisotopic (exact) mass is 475 g/mol. The standard InChI is InChI=1S/C26H26ClN5O2/c1-17-23(24(27)32(30-17)19-12-6-3-7-13-19)26(34)31(18-10-4-2-5-11-18)16-22-28-21-15-9-8-14-20(21)25(33)29-22/h3,6-9,12-15,18H,2,4-5,10-11,16H2,1H3,(H,28,29,33). The first kappa shape index (κ1) is 22.3. The molecule has 1 amide bonds. The molecular weight excluding hydrogens is 450 g/mol. The van der Waals surface area contributed by atoms with E-state index in [2.05, 4.69) is 15.1 Å². The average Bonchev–Trinajstić information content (AvgIpc) is 3.17. The summed E-state index contributed by atoms with van der Waals surface area (Å²) in [6.45, 7) is 2.00. The minimum absolute atomic E-state index is 0.0496. The van der Waals surface area contributed by atoms with Gasteiger partial charge in [-0.05, 0) is 44.0 Å². The van der Waals surface area contributed by atoms with E-state index in [-0.39, 0.29) is 29.2 Å². The fourth-order valence-corrected chi connectivity index (χ4v) is 5.11. The first-order chi connectivity index (χ1) is 16.5. The molecule has 5 rings (SSSR count). The van der Waals surface area contributed by atoms with Crippen LogP contribution in [0.1, 0.15) is 54.0 Å². The van der Waals surface area contributed by atoms with Crippen LogP contribution >= 0.6 is 11.6 Å². The number of rotatable bonds is 5. The molecule has 34 heavy (non-hydrogen) atoms. The number of hydrogen-bond acceptors (Lipinski definition) is 4. The van der Waals surface area contributed by atoms with Crippen LogP contribution in [-0.4, -0.2) is 36.6 Å². The van der Waals surface area contributed by atoms with Crippen molar-refractivity contribution in [3.63, 3.8) is 0 Å². The molecule has 0 unspecified atom stereocenters. The minimum atomic E-state index is -0.206. The highest BCUT2D eigenvalue weighted by Crippen LogP contribution is 2.30. The largest absolute Gasteiger partial charge is 0.328 e. The Kier molecular flexibility index (Phi) is 6.20. The lowest BCUT2D eigenvalue weighted by Gasteiger charge is -2.34. The van der Waals surface area contributed by atoms with Crippen LogP contribution in [0.5, 0.6) is 0 Å². The number of amides is 1. The first-order valence-electron chi connectivity index (χ1n) is 11.6. The van der Waals surface area contributed by atoms with E-state index in [1.54, 1.807) is 17.7 Å². The smallest absolute Gasteiger partial charge is 0.259 e. The third-order valence-electron chi connectivity index (χ3n) is 6.48. The number of nitrogens with one attached hydrogen (secondary N) is 1. The van der Waals surface area contributed by atoms with Crippen LogP contribution in [-0.2, 0) is 6.54 Å². The van der Waals surface area contributed by atoms with Gasteiger partial charge in [-0.2, -0.15) is 5.10 Å². The minimum Gasteiger partial charge on any atom is -0.328 e. The molecule has 0 spiro atoms. The second-order valence-electron chi connectivity index (χ2n) is 8.75. The number of carbonyl (C=O) groups excluding carboxylic acids is 1. The van der Waals surface area contributed by atoms with Crippen molar-refractivity contribution in [2.24, 2.45) is 0 Å². The van der Waals surface area contributed by atoms with E-state index in [9.17, 15) is 9.59 Å². The maximum Gasteiger partial charge on any atom is 0.259 e. The van der Waals surface area contributed by atoms with E-state index >= 15 is 0 Å². The summed E-state index contributed by atoms with van der Waals surface area (Å²) in [5, 5.41) is 5.37. The normalized spacial score (nSPS) is 14.4. The highest BCUT2D eigenvalue weighted by molar-refractivity contribution is 6.33. The van der Waals surface area contributed by atoms with Gasteiger partial charge in [-0.25, -0.2) is 9.67 Å². The van der Waals surface area contributed by atoms with Crippen LogP contribution in [0.25, 0.3) is 16.6 Å². The maximum absolute atomic E-state index is 14.0. The van der Waals surface area contributed by atoms with Crippen molar-refractivity contribution in [3.8, 4) is 5.69 Å². The van der Waals surface area contributed by atoms with Gasteiger partial charge in [0.15, 0.2) is 0 Å². The Bertz CT molecular complexity index is 1390. The molecule has 1 aliphatic rings. The van der Waals surface area contributed by atoms with Gasteiger partial charge in [0.05, 0.1) is 34.4 Å². The SMILES string of the molecule is Cc1nn(-c2ccccc2)c(Cl)c1C(=O)N(Cc1nc2ccccc2c(=O)[nH]1)C1CCCCC1. The molecule has 4 aromatic rings. The second kappa shape index (κ2) is 9.43. The molecular formula is C26H26ClN5O2. The Labute approximate surface area is 202 Å². The summed E-state index contributed by atoms with van der Waals surface area (Å²) < 4.78 is 1.60. The Balaban J connectivity index is 1.54. The number of benzene rings is 2. The molecule has 2 heterocycles. The molecule has 0 bridgehead atoms. The summed E-state index contributed by atoms with van der Waals surface area (Å²) in [5.74, 6) is 0.277. The van der Waals surface area contributed by atoms with E-state index in [0.717, 1.165) is 37.8 Å². The Hall–Kier alpha value is -3.45. The van der Waals surface area contributed by atoms with E-state index in [0.29, 0.717) is 28.0 Å². The lowest BCUT2D eigenvalue weighted by Crippen LogP contribution is -2.42. The molecule has 0 aliphatic heterocycles. The zero-order chi connectivity index (χ0) is 23.7. The quantitative estimate of drug-likeness (QED) is 0.438. The zero-order valence-electron chi connectivity index (χ0n) is 19.0. The fourth-order valence-electron chi connectivity index (χ4n) is 4.76. The van der Waals surface area contributed by atoms with Gasteiger partial charge >= 0.3 is 0 Å². The van der Waals surface area contributed by atoms with Crippen molar-refractivity contribution >= 4 is 28.4 Å². The number of hydrogen-bond donors (Lipinski definition) is 1. The third kappa shape index (κ3) is 4.23. The predicted octanol–water partition coefficient (Wildman–Crippen LogP) is 5.05. The number of nitrogens with zero attached hydrogens (tertiary/aromatic N) is 4. The van der Waals surface area contributed by atoms with E-state index in [1.807, 2.05) is 53.4 Å². The molecule has 1 aliphatic carbocycles. The number of fused-ring (bicyclic) bond motifs is 1. The van der Waals surface area contributed by atoms with Crippen molar-refractivity contribution in [1.29, 1.82) is 0 Å². The van der Waals surface area contributed by atoms with Crippen LogP contribution in [0.4, 0.5) is 0 Å². The molecule has 7 nitrogen and oxygen atoms in total. The summed E-state index contributed by atoms with van der Waals surface area (Å²) >= 11 is 6.73. The first-order valence-corrected chi connectivity index (χ1v) is 12.0.